The van der Waals surface area contributed by atoms with Crippen molar-refractivity contribution in [2.75, 3.05) is 26.0 Å². The molecule has 0 spiro atoms. The normalized spacial score (nSPS) is 31.0. The van der Waals surface area contributed by atoms with E-state index in [4.69, 9.17) is 4.74 Å². The van der Waals surface area contributed by atoms with E-state index >= 15 is 0 Å². The summed E-state index contributed by atoms with van der Waals surface area (Å²) in [7, 11) is 0. The van der Waals surface area contributed by atoms with E-state index in [1.54, 1.807) is 6.92 Å². The molecule has 3 N–H and O–H groups in total. The van der Waals surface area contributed by atoms with Crippen LogP contribution in [0.25, 0.3) is 0 Å². The molecule has 21 heavy (non-hydrogen) atoms. The fraction of sp³-hybridized carbons (Fsp3) is 0.857. The molecule has 1 saturated heterocycles. The Morgan fingerprint density at radius 2 is 2.05 bits per heavy atom. The van der Waals surface area contributed by atoms with Crippen LogP contribution in [0.3, 0.4) is 0 Å². The van der Waals surface area contributed by atoms with Crippen LogP contribution in [-0.4, -0.2) is 53.9 Å². The maximum absolute atomic E-state index is 12.0. The van der Waals surface area contributed by atoms with Crippen LogP contribution in [-0.2, 0) is 9.53 Å². The van der Waals surface area contributed by atoms with Gasteiger partial charge in [0.2, 0.25) is 0 Å². The van der Waals surface area contributed by atoms with Gasteiger partial charge in [-0.1, -0.05) is 12.8 Å². The number of amides is 2. The first-order chi connectivity index (χ1) is 9.92. The highest BCUT2D eigenvalue weighted by molar-refractivity contribution is 8.00. The van der Waals surface area contributed by atoms with E-state index in [2.05, 4.69) is 16.9 Å². The van der Waals surface area contributed by atoms with Gasteiger partial charge in [-0.25, -0.2) is 4.79 Å². The third-order valence-corrected chi connectivity index (χ3v) is 6.19. The number of ether oxygens (including phenoxy) is 1. The van der Waals surface area contributed by atoms with Crippen molar-refractivity contribution in [3.63, 3.8) is 0 Å². The quantitative estimate of drug-likeness (QED) is 0.714. The summed E-state index contributed by atoms with van der Waals surface area (Å²) in [4.78, 5) is 23.4. The van der Waals surface area contributed by atoms with Crippen molar-refractivity contribution < 1.29 is 19.4 Å². The van der Waals surface area contributed by atoms with Crippen LogP contribution in [0.1, 0.15) is 32.6 Å². The van der Waals surface area contributed by atoms with Gasteiger partial charge in [-0.3, -0.25) is 4.79 Å². The van der Waals surface area contributed by atoms with E-state index in [1.807, 2.05) is 11.8 Å². The Bertz CT molecular complexity index is 412. The van der Waals surface area contributed by atoms with Crippen molar-refractivity contribution >= 4 is 23.8 Å². The van der Waals surface area contributed by atoms with Crippen LogP contribution in [0.2, 0.25) is 0 Å². The Labute approximate surface area is 129 Å². The van der Waals surface area contributed by atoms with Gasteiger partial charge in [-0.05, 0) is 26.0 Å². The van der Waals surface area contributed by atoms with E-state index in [1.165, 1.54) is 12.8 Å². The van der Waals surface area contributed by atoms with Gasteiger partial charge < -0.3 is 20.5 Å². The van der Waals surface area contributed by atoms with Gasteiger partial charge in [0.25, 0.3) is 0 Å². The van der Waals surface area contributed by atoms with Crippen LogP contribution >= 0.6 is 11.8 Å². The van der Waals surface area contributed by atoms with Crippen molar-refractivity contribution in [3.8, 4) is 0 Å². The second kappa shape index (κ2) is 6.44. The number of hydrogen-bond acceptors (Lipinski definition) is 4. The number of thioether (sulfide) groups is 1. The minimum atomic E-state index is -1.05. The number of carbonyl (C=O) groups is 2. The van der Waals surface area contributed by atoms with E-state index < -0.39 is 17.4 Å². The van der Waals surface area contributed by atoms with E-state index in [-0.39, 0.29) is 24.0 Å². The summed E-state index contributed by atoms with van der Waals surface area (Å²) in [5.74, 6) is -0.943. The molecule has 0 radical (unpaired) electrons. The van der Waals surface area contributed by atoms with Gasteiger partial charge >= 0.3 is 12.0 Å². The van der Waals surface area contributed by atoms with E-state index in [9.17, 15) is 14.7 Å². The Morgan fingerprint density at radius 3 is 2.62 bits per heavy atom. The number of urea groups is 1. The van der Waals surface area contributed by atoms with E-state index in [0.29, 0.717) is 6.54 Å². The van der Waals surface area contributed by atoms with Crippen LogP contribution in [0, 0.1) is 5.41 Å². The minimum Gasteiger partial charge on any atom is -0.481 e. The summed E-state index contributed by atoms with van der Waals surface area (Å²) in [6.45, 7) is 2.59. The van der Waals surface area contributed by atoms with Gasteiger partial charge in [-0.15, -0.1) is 0 Å². The van der Waals surface area contributed by atoms with Crippen molar-refractivity contribution in [2.24, 2.45) is 5.41 Å². The molecule has 1 saturated carbocycles. The third kappa shape index (κ3) is 3.45. The van der Waals surface area contributed by atoms with Crippen molar-refractivity contribution in [2.45, 2.75) is 43.4 Å². The average molecular weight is 316 g/mol. The number of aliphatic carboxylic acids is 1. The van der Waals surface area contributed by atoms with Gasteiger partial charge in [0, 0.05) is 11.3 Å². The molecule has 2 fully saturated rings. The SMILES string of the molecule is CSC1(CNC(=O)NC2COCC2(C)C(=O)O)CCCC1. The molecule has 2 atom stereocenters. The highest BCUT2D eigenvalue weighted by Crippen LogP contribution is 2.39. The molecule has 2 amide bonds. The molecular formula is C14H24N2O4S. The molecule has 1 aliphatic carbocycles. The molecule has 1 aliphatic heterocycles. The molecule has 0 aromatic carbocycles. The number of nitrogens with one attached hydrogen (secondary N) is 2. The number of rotatable bonds is 5. The predicted octanol–water partition coefficient (Wildman–Crippen LogP) is 1.45. The number of hydrogen-bond donors (Lipinski definition) is 3. The van der Waals surface area contributed by atoms with Crippen molar-refractivity contribution in [3.05, 3.63) is 0 Å². The monoisotopic (exact) mass is 316 g/mol. The zero-order valence-electron chi connectivity index (χ0n) is 12.6. The maximum Gasteiger partial charge on any atom is 0.315 e. The van der Waals surface area contributed by atoms with Gasteiger partial charge in [0.15, 0.2) is 0 Å². The largest absolute Gasteiger partial charge is 0.481 e. The summed E-state index contributed by atoms with van der Waals surface area (Å²) in [6, 6.07) is -0.804. The molecule has 2 aliphatic rings. The lowest BCUT2D eigenvalue weighted by atomic mass is 9.85. The first-order valence-corrected chi connectivity index (χ1v) is 8.55. The highest BCUT2D eigenvalue weighted by atomic mass is 32.2. The Hall–Kier alpha value is -0.950. The van der Waals surface area contributed by atoms with Gasteiger partial charge in [0.05, 0.1) is 19.3 Å². The summed E-state index contributed by atoms with van der Waals surface area (Å²) in [5, 5.41) is 14.9. The lowest BCUT2D eigenvalue weighted by molar-refractivity contribution is -0.148. The van der Waals surface area contributed by atoms with Crippen LogP contribution in [0.4, 0.5) is 4.79 Å². The van der Waals surface area contributed by atoms with Crippen LogP contribution in [0.5, 0.6) is 0 Å². The molecule has 2 rings (SSSR count). The summed E-state index contributed by atoms with van der Waals surface area (Å²) in [6.07, 6.45) is 6.73. The summed E-state index contributed by atoms with van der Waals surface area (Å²) < 4.78 is 5.36. The summed E-state index contributed by atoms with van der Waals surface area (Å²) >= 11 is 1.81. The highest BCUT2D eigenvalue weighted by Gasteiger charge is 2.47. The molecule has 120 valence electrons. The van der Waals surface area contributed by atoms with Crippen molar-refractivity contribution in [1.29, 1.82) is 0 Å². The van der Waals surface area contributed by atoms with Gasteiger partial charge in [-0.2, -0.15) is 11.8 Å². The molecule has 1 heterocycles. The Morgan fingerprint density at radius 1 is 1.38 bits per heavy atom. The van der Waals surface area contributed by atoms with Gasteiger partial charge in [0.1, 0.15) is 5.41 Å². The number of carbonyl (C=O) groups excluding carboxylic acids is 1. The second-order valence-corrected chi connectivity index (χ2v) is 7.49. The summed E-state index contributed by atoms with van der Waals surface area (Å²) in [5.41, 5.74) is -1.05. The first kappa shape index (κ1) is 16.4. The van der Waals surface area contributed by atoms with Crippen molar-refractivity contribution in [1.82, 2.24) is 10.6 Å². The Balaban J connectivity index is 1.86. The minimum absolute atomic E-state index is 0.127. The first-order valence-electron chi connectivity index (χ1n) is 7.32. The second-order valence-electron chi connectivity index (χ2n) is 6.21. The molecular weight excluding hydrogens is 292 g/mol. The lowest BCUT2D eigenvalue weighted by Gasteiger charge is -2.29. The van der Waals surface area contributed by atoms with E-state index in [0.717, 1.165) is 12.8 Å². The number of carboxylic acids is 1. The maximum atomic E-state index is 12.0. The smallest absolute Gasteiger partial charge is 0.315 e. The average Bonchev–Trinajstić information content (AvgIpc) is 3.06. The molecule has 6 nitrogen and oxygen atoms in total. The topological polar surface area (TPSA) is 87.7 Å². The fourth-order valence-electron chi connectivity index (χ4n) is 3.01. The number of carboxylic acid groups (broad SMARTS) is 1. The standard InChI is InChI=1S/C14H24N2O4S/c1-13(11(17)18)9-20-7-10(13)16-12(19)15-8-14(21-2)5-3-4-6-14/h10H,3-9H2,1-2H3,(H,17,18)(H2,15,16,19). The van der Waals surface area contributed by atoms with Crippen LogP contribution in [0.15, 0.2) is 0 Å². The fourth-order valence-corrected chi connectivity index (χ4v) is 3.92. The molecule has 2 unspecified atom stereocenters. The third-order valence-electron chi connectivity index (χ3n) is 4.77. The molecule has 7 heteroatoms. The predicted molar refractivity (Wildman–Crippen MR) is 81.6 cm³/mol. The Kier molecular flexibility index (Phi) is 5.03. The zero-order chi connectivity index (χ0) is 15.5. The molecule has 0 aromatic heterocycles. The zero-order valence-corrected chi connectivity index (χ0v) is 13.4. The lowest BCUT2D eigenvalue weighted by Crippen LogP contribution is -2.53. The van der Waals surface area contributed by atoms with Crippen LogP contribution < -0.4 is 10.6 Å². The molecule has 0 aromatic rings. The molecule has 0 bridgehead atoms.